The van der Waals surface area contributed by atoms with Gasteiger partial charge in [-0.1, -0.05) is 6.07 Å². The van der Waals surface area contributed by atoms with Crippen LogP contribution in [0.25, 0.3) is 0 Å². The summed E-state index contributed by atoms with van der Waals surface area (Å²) in [4.78, 5) is 27.6. The van der Waals surface area contributed by atoms with E-state index in [0.29, 0.717) is 12.6 Å². The molecule has 2 aromatic rings. The summed E-state index contributed by atoms with van der Waals surface area (Å²) < 4.78 is 2.72. The third-order valence-corrected chi connectivity index (χ3v) is 5.20. The highest BCUT2D eigenvalue weighted by atomic mass is 32.1. The average molecular weight is 305 g/mol. The molecule has 1 atom stereocenters. The lowest BCUT2D eigenvalue weighted by atomic mass is 10.2. The Kier molecular flexibility index (Phi) is 3.82. The molecule has 3 heterocycles. The van der Waals surface area contributed by atoms with Gasteiger partial charge >= 0.3 is 5.69 Å². The van der Waals surface area contributed by atoms with E-state index in [1.54, 1.807) is 29.0 Å². The first-order valence-electron chi connectivity index (χ1n) is 7.11. The number of thiophene rings is 1. The molecule has 0 amide bonds. The topological polar surface area (TPSA) is 47.2 Å². The minimum Gasteiger partial charge on any atom is -0.299 e. The van der Waals surface area contributed by atoms with Crippen molar-refractivity contribution in [3.8, 4) is 0 Å². The van der Waals surface area contributed by atoms with Crippen molar-refractivity contribution in [1.29, 1.82) is 0 Å². The summed E-state index contributed by atoms with van der Waals surface area (Å²) in [6, 6.07) is 6.22. The zero-order valence-corrected chi connectivity index (χ0v) is 13.1. The summed E-state index contributed by atoms with van der Waals surface area (Å²) in [7, 11) is 3.24. The van der Waals surface area contributed by atoms with E-state index in [4.69, 9.17) is 0 Å². The fourth-order valence-corrected chi connectivity index (χ4v) is 3.85. The molecule has 3 rings (SSSR count). The molecule has 2 aromatic heterocycles. The van der Waals surface area contributed by atoms with Crippen molar-refractivity contribution in [3.63, 3.8) is 0 Å². The van der Waals surface area contributed by atoms with Crippen LogP contribution >= 0.6 is 11.3 Å². The quantitative estimate of drug-likeness (QED) is 0.863. The Morgan fingerprint density at radius 1 is 1.29 bits per heavy atom. The number of aromatic nitrogens is 2. The third-order valence-electron chi connectivity index (χ3n) is 4.23. The van der Waals surface area contributed by atoms with Gasteiger partial charge in [-0.2, -0.15) is 0 Å². The van der Waals surface area contributed by atoms with Crippen LogP contribution in [-0.2, 0) is 20.6 Å². The molecule has 0 radical (unpaired) electrons. The van der Waals surface area contributed by atoms with Gasteiger partial charge in [-0.3, -0.25) is 18.8 Å². The Morgan fingerprint density at radius 3 is 2.81 bits per heavy atom. The largest absolute Gasteiger partial charge is 0.330 e. The second-order valence-corrected chi connectivity index (χ2v) is 6.50. The van der Waals surface area contributed by atoms with Crippen molar-refractivity contribution in [3.05, 3.63) is 55.0 Å². The molecule has 0 bridgehead atoms. The van der Waals surface area contributed by atoms with Gasteiger partial charge < -0.3 is 0 Å². The first kappa shape index (κ1) is 14.3. The van der Waals surface area contributed by atoms with E-state index < -0.39 is 0 Å². The minimum atomic E-state index is -0.260. The van der Waals surface area contributed by atoms with Crippen molar-refractivity contribution >= 4 is 11.3 Å². The molecule has 21 heavy (non-hydrogen) atoms. The highest BCUT2D eigenvalue weighted by Crippen LogP contribution is 2.35. The first-order chi connectivity index (χ1) is 10.1. The predicted octanol–water partition coefficient (Wildman–Crippen LogP) is 1.48. The second-order valence-electron chi connectivity index (χ2n) is 5.52. The maximum Gasteiger partial charge on any atom is 0.330 e. The Morgan fingerprint density at radius 2 is 2.10 bits per heavy atom. The molecule has 112 valence electrons. The number of likely N-dealkylation sites (tertiary alicyclic amines) is 1. The predicted molar refractivity (Wildman–Crippen MR) is 83.6 cm³/mol. The number of hydrogen-bond acceptors (Lipinski definition) is 4. The fourth-order valence-electron chi connectivity index (χ4n) is 2.96. The highest BCUT2D eigenvalue weighted by Gasteiger charge is 2.27. The van der Waals surface area contributed by atoms with E-state index in [2.05, 4.69) is 22.4 Å². The van der Waals surface area contributed by atoms with Crippen molar-refractivity contribution in [2.45, 2.75) is 25.4 Å². The Bertz CT molecular complexity index is 745. The molecule has 0 N–H and O–H groups in total. The summed E-state index contributed by atoms with van der Waals surface area (Å²) in [6.07, 6.45) is 2.29. The van der Waals surface area contributed by atoms with Crippen LogP contribution in [0, 0.1) is 0 Å². The summed E-state index contributed by atoms with van der Waals surface area (Å²) in [5.74, 6) is 0. The molecule has 0 aromatic carbocycles. The Hall–Kier alpha value is -1.66. The molecule has 1 aliphatic heterocycles. The summed E-state index contributed by atoms with van der Waals surface area (Å²) in [6.45, 7) is 1.65. The normalized spacial score (nSPS) is 19.2. The van der Waals surface area contributed by atoms with Crippen LogP contribution in [0.1, 0.15) is 29.5 Å². The molecule has 1 aliphatic rings. The van der Waals surface area contributed by atoms with Gasteiger partial charge in [-0.05, 0) is 30.8 Å². The highest BCUT2D eigenvalue weighted by molar-refractivity contribution is 7.10. The van der Waals surface area contributed by atoms with Crippen LogP contribution in [0.2, 0.25) is 0 Å². The maximum atomic E-state index is 12.0. The van der Waals surface area contributed by atoms with Gasteiger partial charge in [-0.25, -0.2) is 4.79 Å². The fraction of sp³-hybridized carbons (Fsp3) is 0.467. The van der Waals surface area contributed by atoms with Crippen molar-refractivity contribution in [2.24, 2.45) is 14.1 Å². The van der Waals surface area contributed by atoms with Gasteiger partial charge in [-0.15, -0.1) is 11.3 Å². The van der Waals surface area contributed by atoms with Gasteiger partial charge in [0.05, 0.1) is 0 Å². The molecular weight excluding hydrogens is 286 g/mol. The molecule has 0 saturated carbocycles. The summed E-state index contributed by atoms with van der Waals surface area (Å²) in [5, 5.41) is 2.10. The van der Waals surface area contributed by atoms with Crippen LogP contribution < -0.4 is 11.2 Å². The molecule has 1 saturated heterocycles. The van der Waals surface area contributed by atoms with Gasteiger partial charge in [0.2, 0.25) is 0 Å². The Labute approximate surface area is 127 Å². The van der Waals surface area contributed by atoms with Crippen LogP contribution in [0.15, 0.2) is 33.2 Å². The maximum absolute atomic E-state index is 12.0. The Balaban J connectivity index is 1.90. The zero-order valence-electron chi connectivity index (χ0n) is 12.3. The minimum absolute atomic E-state index is 0.236. The van der Waals surface area contributed by atoms with E-state index in [0.717, 1.165) is 29.6 Å². The van der Waals surface area contributed by atoms with E-state index in [-0.39, 0.29) is 11.2 Å². The molecule has 0 unspecified atom stereocenters. The van der Waals surface area contributed by atoms with Crippen molar-refractivity contribution in [1.82, 2.24) is 14.0 Å². The van der Waals surface area contributed by atoms with Crippen LogP contribution in [0.5, 0.6) is 0 Å². The summed E-state index contributed by atoms with van der Waals surface area (Å²) in [5.41, 5.74) is 0.288. The van der Waals surface area contributed by atoms with Gasteiger partial charge in [0.15, 0.2) is 0 Å². The van der Waals surface area contributed by atoms with E-state index >= 15 is 0 Å². The van der Waals surface area contributed by atoms with Crippen molar-refractivity contribution in [2.75, 3.05) is 6.54 Å². The zero-order chi connectivity index (χ0) is 15.0. The van der Waals surface area contributed by atoms with E-state index in [1.165, 1.54) is 11.9 Å². The van der Waals surface area contributed by atoms with Gasteiger partial charge in [0.1, 0.15) is 0 Å². The average Bonchev–Trinajstić information content (AvgIpc) is 3.12. The second kappa shape index (κ2) is 5.61. The molecule has 0 spiro atoms. The lowest BCUT2D eigenvalue weighted by Crippen LogP contribution is -2.39. The summed E-state index contributed by atoms with van der Waals surface area (Å²) >= 11 is 1.77. The number of rotatable bonds is 3. The van der Waals surface area contributed by atoms with Gasteiger partial charge in [0, 0.05) is 43.3 Å². The SMILES string of the molecule is Cn1c(CN2CCC[C@H]2c2cccs2)cc(=O)n(C)c1=O. The molecule has 0 aliphatic carbocycles. The molecule has 5 nitrogen and oxygen atoms in total. The van der Waals surface area contributed by atoms with Crippen LogP contribution in [0.4, 0.5) is 0 Å². The lowest BCUT2D eigenvalue weighted by molar-refractivity contribution is 0.244. The third kappa shape index (κ3) is 2.61. The molecule has 1 fully saturated rings. The number of nitrogens with zero attached hydrogens (tertiary/aromatic N) is 3. The van der Waals surface area contributed by atoms with Gasteiger partial charge in [0.25, 0.3) is 5.56 Å². The first-order valence-corrected chi connectivity index (χ1v) is 7.99. The van der Waals surface area contributed by atoms with E-state index in [1.807, 2.05) is 0 Å². The molecule has 6 heteroatoms. The van der Waals surface area contributed by atoms with Crippen molar-refractivity contribution < 1.29 is 0 Å². The standard InChI is InChI=1S/C15H19N3O2S/c1-16-11(9-14(19)17(2)15(16)20)10-18-7-3-5-12(18)13-6-4-8-21-13/h4,6,8-9,12H,3,5,7,10H2,1-2H3/t12-/m0/s1. The van der Waals surface area contributed by atoms with Crippen LogP contribution in [-0.4, -0.2) is 20.6 Å². The lowest BCUT2D eigenvalue weighted by Gasteiger charge is -2.24. The van der Waals surface area contributed by atoms with Crippen LogP contribution in [0.3, 0.4) is 0 Å². The monoisotopic (exact) mass is 305 g/mol. The number of hydrogen-bond donors (Lipinski definition) is 0. The smallest absolute Gasteiger partial charge is 0.299 e. The molecular formula is C15H19N3O2S. The van der Waals surface area contributed by atoms with E-state index in [9.17, 15) is 9.59 Å².